The Morgan fingerprint density at radius 1 is 1.00 bits per heavy atom. The number of morpholine rings is 1. The van der Waals surface area contributed by atoms with E-state index in [2.05, 4.69) is 25.1 Å². The molecule has 0 aromatic carbocycles. The van der Waals surface area contributed by atoms with E-state index in [0.29, 0.717) is 30.0 Å². The lowest BCUT2D eigenvalue weighted by molar-refractivity contribution is 0.122. The molecule has 1 aliphatic heterocycles. The lowest BCUT2D eigenvalue weighted by atomic mass is 10.0. The number of H-pyrrole nitrogens is 1. The number of aromatic amines is 1. The van der Waals surface area contributed by atoms with E-state index in [1.165, 1.54) is 6.20 Å². The molecule has 0 unspecified atom stereocenters. The summed E-state index contributed by atoms with van der Waals surface area (Å²) in [5, 5.41) is 7.77. The maximum atomic E-state index is 14.6. The first-order valence-corrected chi connectivity index (χ1v) is 9.04. The molecule has 4 aromatic rings. The number of halogens is 1. The number of hydrogen-bond donors (Lipinski definition) is 1. The Hall–Kier alpha value is -3.39. The fraction of sp³-hybridized carbons (Fsp3) is 0.200. The molecule has 0 atom stereocenters. The van der Waals surface area contributed by atoms with Crippen LogP contribution in [0.1, 0.15) is 0 Å². The number of anilines is 1. The van der Waals surface area contributed by atoms with E-state index in [9.17, 15) is 4.39 Å². The highest BCUT2D eigenvalue weighted by atomic mass is 19.1. The summed E-state index contributed by atoms with van der Waals surface area (Å²) in [6, 6.07) is 9.08. The Balaban J connectivity index is 1.80. The molecule has 4 aromatic heterocycles. The summed E-state index contributed by atoms with van der Waals surface area (Å²) in [7, 11) is 0. The molecule has 5 rings (SSSR count). The molecular formula is C20H17FN6O. The van der Waals surface area contributed by atoms with E-state index in [-0.39, 0.29) is 0 Å². The van der Waals surface area contributed by atoms with Crippen LogP contribution in [0.4, 0.5) is 10.2 Å². The average molecular weight is 376 g/mol. The molecule has 0 amide bonds. The van der Waals surface area contributed by atoms with Crippen molar-refractivity contribution in [1.82, 2.24) is 25.1 Å². The first-order chi connectivity index (χ1) is 13.8. The highest BCUT2D eigenvalue weighted by Crippen LogP contribution is 2.35. The van der Waals surface area contributed by atoms with Crippen LogP contribution in [0.15, 0.2) is 48.9 Å². The Labute approximate surface area is 160 Å². The Morgan fingerprint density at radius 2 is 1.89 bits per heavy atom. The summed E-state index contributed by atoms with van der Waals surface area (Å²) in [5.41, 5.74) is 3.30. The van der Waals surface area contributed by atoms with Crippen LogP contribution in [-0.4, -0.2) is 51.5 Å². The number of rotatable bonds is 3. The highest BCUT2D eigenvalue weighted by Gasteiger charge is 2.20. The van der Waals surface area contributed by atoms with Gasteiger partial charge >= 0.3 is 0 Å². The van der Waals surface area contributed by atoms with Crippen molar-refractivity contribution >= 4 is 16.7 Å². The smallest absolute Gasteiger partial charge is 0.220 e. The van der Waals surface area contributed by atoms with E-state index < -0.39 is 5.95 Å². The van der Waals surface area contributed by atoms with E-state index >= 15 is 0 Å². The average Bonchev–Trinajstić information content (AvgIpc) is 3.28. The van der Waals surface area contributed by atoms with Crippen LogP contribution in [0, 0.1) is 5.95 Å². The van der Waals surface area contributed by atoms with Gasteiger partial charge in [0, 0.05) is 42.6 Å². The van der Waals surface area contributed by atoms with Gasteiger partial charge in [0.05, 0.1) is 18.9 Å². The third-order valence-electron chi connectivity index (χ3n) is 4.85. The van der Waals surface area contributed by atoms with Crippen LogP contribution in [0.25, 0.3) is 33.4 Å². The molecule has 0 spiro atoms. The summed E-state index contributed by atoms with van der Waals surface area (Å²) in [6.07, 6.45) is 4.82. The molecule has 1 aliphatic rings. The van der Waals surface area contributed by atoms with Gasteiger partial charge < -0.3 is 9.64 Å². The Bertz CT molecular complexity index is 1120. The molecule has 0 bridgehead atoms. The summed E-state index contributed by atoms with van der Waals surface area (Å²) in [4.78, 5) is 15.4. The topological polar surface area (TPSA) is 79.8 Å². The van der Waals surface area contributed by atoms with Crippen molar-refractivity contribution in [3.05, 3.63) is 54.9 Å². The van der Waals surface area contributed by atoms with Crippen LogP contribution >= 0.6 is 0 Å². The van der Waals surface area contributed by atoms with Crippen molar-refractivity contribution in [2.24, 2.45) is 0 Å². The zero-order valence-corrected chi connectivity index (χ0v) is 15.0. The first kappa shape index (κ1) is 16.8. The molecule has 1 N–H and O–H groups in total. The Kier molecular flexibility index (Phi) is 4.17. The molecule has 140 valence electrons. The van der Waals surface area contributed by atoms with Gasteiger partial charge in [0.2, 0.25) is 5.95 Å². The second kappa shape index (κ2) is 6.97. The van der Waals surface area contributed by atoms with Crippen molar-refractivity contribution in [3.8, 4) is 22.5 Å². The maximum Gasteiger partial charge on any atom is 0.220 e. The minimum absolute atomic E-state index is 0.436. The number of ether oxygens (including phenoxy) is 1. The Morgan fingerprint density at radius 3 is 2.68 bits per heavy atom. The number of pyridine rings is 3. The lowest BCUT2D eigenvalue weighted by Crippen LogP contribution is -2.36. The fourth-order valence-corrected chi connectivity index (χ4v) is 3.49. The number of nitrogens with zero attached hydrogens (tertiary/aromatic N) is 5. The number of nitrogens with one attached hydrogen (secondary N) is 1. The van der Waals surface area contributed by atoms with Gasteiger partial charge in [-0.15, -0.1) is 0 Å². The summed E-state index contributed by atoms with van der Waals surface area (Å²) in [5.74, 6) is 0.255. The molecule has 1 fully saturated rings. The van der Waals surface area contributed by atoms with Gasteiger partial charge in [-0.1, -0.05) is 0 Å². The minimum atomic E-state index is -0.511. The quantitative estimate of drug-likeness (QED) is 0.554. The number of fused-ring (bicyclic) bond motifs is 1. The van der Waals surface area contributed by atoms with Crippen molar-refractivity contribution in [1.29, 1.82) is 0 Å². The van der Waals surface area contributed by atoms with Crippen LogP contribution in [-0.2, 0) is 4.74 Å². The second-order valence-electron chi connectivity index (χ2n) is 6.50. The third-order valence-corrected chi connectivity index (χ3v) is 4.85. The van der Waals surface area contributed by atoms with Gasteiger partial charge in [-0.3, -0.25) is 10.1 Å². The molecule has 0 aliphatic carbocycles. The molecule has 5 heterocycles. The highest BCUT2D eigenvalue weighted by molar-refractivity contribution is 6.01. The SMILES string of the molecule is Fc1ncccc1-c1cc(N2CCOCC2)nc2c(-c3ccn[nH]3)nccc12. The van der Waals surface area contributed by atoms with Crippen LogP contribution < -0.4 is 4.90 Å². The predicted octanol–water partition coefficient (Wildman–Crippen LogP) is 3.06. The van der Waals surface area contributed by atoms with Crippen LogP contribution in [0.2, 0.25) is 0 Å². The fourth-order valence-electron chi connectivity index (χ4n) is 3.49. The van der Waals surface area contributed by atoms with Crippen LogP contribution in [0.5, 0.6) is 0 Å². The van der Waals surface area contributed by atoms with E-state index in [4.69, 9.17) is 9.72 Å². The zero-order chi connectivity index (χ0) is 18.9. The molecule has 0 radical (unpaired) electrons. The molecule has 7 nitrogen and oxygen atoms in total. The summed E-state index contributed by atoms with van der Waals surface area (Å²) >= 11 is 0. The van der Waals surface area contributed by atoms with Crippen molar-refractivity contribution in [2.75, 3.05) is 31.2 Å². The second-order valence-corrected chi connectivity index (χ2v) is 6.50. The van der Waals surface area contributed by atoms with Crippen molar-refractivity contribution < 1.29 is 9.13 Å². The molecule has 8 heteroatoms. The summed E-state index contributed by atoms with van der Waals surface area (Å²) < 4.78 is 20.0. The van der Waals surface area contributed by atoms with Gasteiger partial charge in [0.15, 0.2) is 0 Å². The van der Waals surface area contributed by atoms with E-state index in [1.54, 1.807) is 24.5 Å². The summed E-state index contributed by atoms with van der Waals surface area (Å²) in [6.45, 7) is 2.73. The minimum Gasteiger partial charge on any atom is -0.378 e. The van der Waals surface area contributed by atoms with Crippen molar-refractivity contribution in [2.45, 2.75) is 0 Å². The van der Waals surface area contributed by atoms with Crippen molar-refractivity contribution in [3.63, 3.8) is 0 Å². The number of aromatic nitrogens is 5. The van der Waals surface area contributed by atoms with E-state index in [0.717, 1.165) is 35.6 Å². The van der Waals surface area contributed by atoms with Crippen LogP contribution in [0.3, 0.4) is 0 Å². The largest absolute Gasteiger partial charge is 0.378 e. The molecular weight excluding hydrogens is 359 g/mol. The third kappa shape index (κ3) is 2.87. The molecule has 0 saturated carbocycles. The predicted molar refractivity (Wildman–Crippen MR) is 103 cm³/mol. The van der Waals surface area contributed by atoms with Gasteiger partial charge in [-0.2, -0.15) is 9.49 Å². The van der Waals surface area contributed by atoms with Gasteiger partial charge in [0.1, 0.15) is 17.0 Å². The standard InChI is InChI=1S/C20H17FN6O/c21-20-14(2-1-5-23-20)15-12-17(27-8-10-28-11-9-27)25-18-13(15)3-6-22-19(18)16-4-7-24-26-16/h1-7,12H,8-11H2,(H,24,26). The number of hydrogen-bond acceptors (Lipinski definition) is 6. The van der Waals surface area contributed by atoms with Gasteiger partial charge in [0.25, 0.3) is 0 Å². The van der Waals surface area contributed by atoms with Gasteiger partial charge in [-0.25, -0.2) is 9.97 Å². The molecule has 1 saturated heterocycles. The van der Waals surface area contributed by atoms with Gasteiger partial charge in [-0.05, 0) is 35.9 Å². The maximum absolute atomic E-state index is 14.6. The lowest BCUT2D eigenvalue weighted by Gasteiger charge is -2.28. The monoisotopic (exact) mass is 376 g/mol. The van der Waals surface area contributed by atoms with E-state index in [1.807, 2.05) is 18.2 Å². The normalized spacial score (nSPS) is 14.5. The molecule has 28 heavy (non-hydrogen) atoms. The first-order valence-electron chi connectivity index (χ1n) is 9.04. The zero-order valence-electron chi connectivity index (χ0n) is 15.0.